The molecule has 146 valence electrons. The number of aromatic nitrogens is 5. The predicted octanol–water partition coefficient (Wildman–Crippen LogP) is 2.17. The maximum atomic E-state index is 13.6. The molecule has 0 amide bonds. The first-order valence-electron chi connectivity index (χ1n) is 9.25. The van der Waals surface area contributed by atoms with Gasteiger partial charge in [0.2, 0.25) is 5.95 Å². The Kier molecular flexibility index (Phi) is 5.16. The highest BCUT2D eigenvalue weighted by atomic mass is 19.1. The van der Waals surface area contributed by atoms with Crippen LogP contribution in [-0.2, 0) is 0 Å². The van der Waals surface area contributed by atoms with E-state index in [9.17, 15) is 9.50 Å². The fraction of sp³-hybridized carbons (Fsp3) is 0.368. The number of nitrogens with zero attached hydrogens (tertiary/aromatic N) is 6. The van der Waals surface area contributed by atoms with E-state index in [0.29, 0.717) is 11.6 Å². The normalized spacial score (nSPS) is 16.2. The molecule has 0 spiro atoms. The van der Waals surface area contributed by atoms with Gasteiger partial charge in [-0.1, -0.05) is 35.5 Å². The second kappa shape index (κ2) is 7.89. The Bertz CT molecular complexity index is 925. The van der Waals surface area contributed by atoms with Gasteiger partial charge in [-0.05, 0) is 18.4 Å². The highest BCUT2D eigenvalue weighted by molar-refractivity contribution is 5.42. The molecule has 8 nitrogen and oxygen atoms in total. The van der Waals surface area contributed by atoms with E-state index in [1.165, 1.54) is 6.20 Å². The fourth-order valence-corrected chi connectivity index (χ4v) is 3.42. The summed E-state index contributed by atoms with van der Waals surface area (Å²) < 4.78 is 15.4. The Balaban J connectivity index is 1.41. The first-order chi connectivity index (χ1) is 13.7. The number of anilines is 2. The minimum atomic E-state index is -0.789. The predicted molar refractivity (Wildman–Crippen MR) is 103 cm³/mol. The van der Waals surface area contributed by atoms with Gasteiger partial charge in [0.25, 0.3) is 0 Å². The van der Waals surface area contributed by atoms with Crippen molar-refractivity contribution in [2.45, 2.75) is 25.0 Å². The van der Waals surface area contributed by atoms with Gasteiger partial charge in [-0.2, -0.15) is 4.98 Å². The molecule has 0 radical (unpaired) electrons. The number of rotatable bonds is 5. The molecule has 3 heterocycles. The molecule has 2 aromatic heterocycles. The van der Waals surface area contributed by atoms with E-state index in [1.807, 2.05) is 46.1 Å². The zero-order chi connectivity index (χ0) is 19.5. The highest BCUT2D eigenvalue weighted by Crippen LogP contribution is 2.26. The lowest BCUT2D eigenvalue weighted by Crippen LogP contribution is -2.36. The molecule has 1 aliphatic rings. The van der Waals surface area contributed by atoms with Gasteiger partial charge in [-0.15, -0.1) is 5.10 Å². The lowest BCUT2D eigenvalue weighted by Gasteiger charge is -2.31. The second-order valence-corrected chi connectivity index (χ2v) is 6.77. The molecule has 28 heavy (non-hydrogen) atoms. The van der Waals surface area contributed by atoms with Crippen molar-refractivity contribution >= 4 is 11.8 Å². The van der Waals surface area contributed by atoms with Crippen LogP contribution in [0, 0.1) is 5.82 Å². The average molecular weight is 383 g/mol. The van der Waals surface area contributed by atoms with E-state index >= 15 is 0 Å². The summed E-state index contributed by atoms with van der Waals surface area (Å²) in [5.41, 5.74) is 1.33. The number of piperidine rings is 1. The van der Waals surface area contributed by atoms with Crippen molar-refractivity contribution in [3.63, 3.8) is 0 Å². The molecule has 1 atom stereocenters. The smallest absolute Gasteiger partial charge is 0.227 e. The second-order valence-electron chi connectivity index (χ2n) is 6.77. The van der Waals surface area contributed by atoms with Crippen molar-refractivity contribution in [3.05, 3.63) is 59.8 Å². The molecular weight excluding hydrogens is 361 g/mol. The minimum absolute atomic E-state index is 0.185. The Hall–Kier alpha value is -3.07. The van der Waals surface area contributed by atoms with E-state index in [1.54, 1.807) is 7.05 Å². The monoisotopic (exact) mass is 383 g/mol. The molecular formula is C19H22FN7O. The fourth-order valence-electron chi connectivity index (χ4n) is 3.42. The van der Waals surface area contributed by atoms with Crippen LogP contribution in [0.15, 0.2) is 42.7 Å². The summed E-state index contributed by atoms with van der Waals surface area (Å²) in [7, 11) is 1.63. The Morgan fingerprint density at radius 3 is 2.68 bits per heavy atom. The van der Waals surface area contributed by atoms with Crippen molar-refractivity contribution in [1.29, 1.82) is 0 Å². The van der Waals surface area contributed by atoms with E-state index in [4.69, 9.17) is 0 Å². The van der Waals surface area contributed by atoms with E-state index in [2.05, 4.69) is 25.6 Å². The number of nitrogens with one attached hydrogen (secondary N) is 1. The molecule has 3 aromatic rings. The molecule has 0 aliphatic carbocycles. The number of hydrogen-bond acceptors (Lipinski definition) is 7. The molecule has 0 saturated carbocycles. The number of hydrogen-bond donors (Lipinski definition) is 2. The van der Waals surface area contributed by atoms with Crippen LogP contribution in [0.3, 0.4) is 0 Å². The summed E-state index contributed by atoms with van der Waals surface area (Å²) in [6, 6.07) is 9.59. The molecule has 4 rings (SSSR count). The van der Waals surface area contributed by atoms with Crippen LogP contribution in [0.25, 0.3) is 0 Å². The summed E-state index contributed by atoms with van der Waals surface area (Å²) in [6.45, 7) is 1.46. The average Bonchev–Trinajstić information content (AvgIpc) is 3.24. The van der Waals surface area contributed by atoms with Gasteiger partial charge in [0.1, 0.15) is 11.8 Å². The quantitative estimate of drug-likeness (QED) is 0.698. The van der Waals surface area contributed by atoms with Gasteiger partial charge in [0, 0.05) is 20.1 Å². The Morgan fingerprint density at radius 1 is 1.21 bits per heavy atom. The van der Waals surface area contributed by atoms with Crippen LogP contribution in [0.2, 0.25) is 0 Å². The topological polar surface area (TPSA) is 92.0 Å². The van der Waals surface area contributed by atoms with Crippen molar-refractivity contribution < 1.29 is 9.50 Å². The van der Waals surface area contributed by atoms with Gasteiger partial charge in [0.15, 0.2) is 11.6 Å². The lowest BCUT2D eigenvalue weighted by molar-refractivity contribution is 0.215. The van der Waals surface area contributed by atoms with Gasteiger partial charge >= 0.3 is 0 Å². The first kappa shape index (κ1) is 18.3. The third-order valence-corrected chi connectivity index (χ3v) is 5.01. The maximum Gasteiger partial charge on any atom is 0.227 e. The van der Waals surface area contributed by atoms with E-state index in [0.717, 1.165) is 31.5 Å². The van der Waals surface area contributed by atoms with E-state index < -0.39 is 11.9 Å². The molecule has 1 unspecified atom stereocenters. The summed E-state index contributed by atoms with van der Waals surface area (Å²) >= 11 is 0. The largest absolute Gasteiger partial charge is 0.382 e. The molecule has 1 aromatic carbocycles. The Morgan fingerprint density at radius 2 is 1.96 bits per heavy atom. The molecule has 9 heteroatoms. The molecule has 1 saturated heterocycles. The summed E-state index contributed by atoms with van der Waals surface area (Å²) in [4.78, 5) is 10.4. The van der Waals surface area contributed by atoms with Gasteiger partial charge in [-0.3, -0.25) is 0 Å². The number of halogens is 1. The maximum absolute atomic E-state index is 13.6. The number of aliphatic hydroxyl groups is 1. The van der Waals surface area contributed by atoms with Gasteiger partial charge in [0.05, 0.1) is 18.4 Å². The van der Waals surface area contributed by atoms with Crippen molar-refractivity contribution in [3.8, 4) is 0 Å². The standard InChI is InChI=1S/C19H22FN7O/c1-21-18-15(20)11-22-19(23-18)26-9-7-14(8-10-26)27-12-16(24-25-27)17(28)13-5-3-2-4-6-13/h2-6,11-12,14,17,28H,7-10H2,1H3,(H,21,22,23). The van der Waals surface area contributed by atoms with Crippen LogP contribution < -0.4 is 10.2 Å². The van der Waals surface area contributed by atoms with Gasteiger partial charge < -0.3 is 15.3 Å². The lowest BCUT2D eigenvalue weighted by atomic mass is 10.1. The first-order valence-corrected chi connectivity index (χ1v) is 9.25. The van der Waals surface area contributed by atoms with E-state index in [-0.39, 0.29) is 11.9 Å². The number of aliphatic hydroxyl groups excluding tert-OH is 1. The molecule has 1 fully saturated rings. The molecule has 2 N–H and O–H groups in total. The zero-order valence-electron chi connectivity index (χ0n) is 15.5. The minimum Gasteiger partial charge on any atom is -0.382 e. The SMILES string of the molecule is CNc1nc(N2CCC(n3cc(C(O)c4ccccc4)nn3)CC2)ncc1F. The van der Waals surface area contributed by atoms with Crippen LogP contribution in [0.1, 0.15) is 36.2 Å². The summed E-state index contributed by atoms with van der Waals surface area (Å²) in [5, 5.41) is 21.6. The third kappa shape index (κ3) is 3.65. The van der Waals surface area contributed by atoms with Crippen molar-refractivity contribution in [2.24, 2.45) is 0 Å². The molecule has 1 aliphatic heterocycles. The van der Waals surface area contributed by atoms with Crippen LogP contribution >= 0.6 is 0 Å². The molecule has 0 bridgehead atoms. The zero-order valence-corrected chi connectivity index (χ0v) is 15.5. The summed E-state index contributed by atoms with van der Waals surface area (Å²) in [6.07, 6.45) is 3.88. The van der Waals surface area contributed by atoms with Crippen LogP contribution in [-0.4, -0.2) is 50.2 Å². The summed E-state index contributed by atoms with van der Waals surface area (Å²) in [5.74, 6) is 0.249. The third-order valence-electron chi connectivity index (χ3n) is 5.01. The number of benzene rings is 1. The van der Waals surface area contributed by atoms with Crippen LogP contribution in [0.4, 0.5) is 16.2 Å². The van der Waals surface area contributed by atoms with Crippen LogP contribution in [0.5, 0.6) is 0 Å². The van der Waals surface area contributed by atoms with Crippen molar-refractivity contribution in [2.75, 3.05) is 30.4 Å². The van der Waals surface area contributed by atoms with Gasteiger partial charge in [-0.25, -0.2) is 14.1 Å². The highest BCUT2D eigenvalue weighted by Gasteiger charge is 2.25. The van der Waals surface area contributed by atoms with Crippen molar-refractivity contribution in [1.82, 2.24) is 25.0 Å². The Labute approximate surface area is 162 Å².